The number of carbonyl (C=O) groups excluding carboxylic acids is 2. The molecular weight excluding hydrogens is 684 g/mol. The van der Waals surface area contributed by atoms with E-state index in [9.17, 15) is 45.3 Å². The molecule has 0 bridgehead atoms. The van der Waals surface area contributed by atoms with Crippen molar-refractivity contribution in [3.05, 3.63) is 42.2 Å². The Balaban J connectivity index is 1.15. The maximum atomic E-state index is 12.9. The first kappa shape index (κ1) is 37.4. The average Bonchev–Trinajstić information content (AvgIpc) is 3.78. The molecule has 6 rings (SSSR count). The summed E-state index contributed by atoms with van der Waals surface area (Å²) >= 11 is 0. The van der Waals surface area contributed by atoms with Gasteiger partial charge in [0.05, 0.1) is 44.7 Å². The Morgan fingerprint density at radius 3 is 2.35 bits per heavy atom. The van der Waals surface area contributed by atoms with Crippen LogP contribution >= 0.6 is 0 Å². The van der Waals surface area contributed by atoms with E-state index in [1.807, 2.05) is 0 Å². The van der Waals surface area contributed by atoms with E-state index in [-0.39, 0.29) is 11.5 Å². The maximum Gasteiger partial charge on any atom is 0.331 e. The first-order valence-corrected chi connectivity index (χ1v) is 16.3. The van der Waals surface area contributed by atoms with Crippen LogP contribution in [0.15, 0.2) is 36.6 Å². The van der Waals surface area contributed by atoms with Crippen molar-refractivity contribution in [1.29, 1.82) is 0 Å². The molecule has 0 radical (unpaired) electrons. The number of aliphatic hydroxyl groups excluding tert-OH is 6. The van der Waals surface area contributed by atoms with Crippen LogP contribution in [-0.4, -0.2) is 154 Å². The van der Waals surface area contributed by atoms with E-state index in [0.29, 0.717) is 5.56 Å². The van der Waals surface area contributed by atoms with Crippen molar-refractivity contribution in [2.75, 3.05) is 20.3 Å². The van der Waals surface area contributed by atoms with Crippen molar-refractivity contribution < 1.29 is 88.0 Å². The molecule has 16 atom stereocenters. The molecule has 51 heavy (non-hydrogen) atoms. The van der Waals surface area contributed by atoms with Crippen molar-refractivity contribution in [3.63, 3.8) is 0 Å². The fourth-order valence-corrected chi connectivity index (χ4v) is 7.19. The van der Waals surface area contributed by atoms with Crippen LogP contribution in [0.5, 0.6) is 11.5 Å². The van der Waals surface area contributed by atoms with Gasteiger partial charge in [-0.25, -0.2) is 4.79 Å². The van der Waals surface area contributed by atoms with E-state index < -0.39 is 122 Å². The van der Waals surface area contributed by atoms with Gasteiger partial charge in [-0.2, -0.15) is 0 Å². The largest absolute Gasteiger partial charge is 0.504 e. The van der Waals surface area contributed by atoms with Crippen LogP contribution in [0.25, 0.3) is 6.08 Å². The van der Waals surface area contributed by atoms with Crippen LogP contribution in [0.3, 0.4) is 0 Å². The monoisotopic (exact) mass is 726 g/mol. The molecule has 282 valence electrons. The summed E-state index contributed by atoms with van der Waals surface area (Å²) in [5.41, 5.74) is -0.746. The van der Waals surface area contributed by atoms with E-state index in [1.165, 1.54) is 38.5 Å². The number of ether oxygens (including phenoxy) is 9. The average molecular weight is 727 g/mol. The summed E-state index contributed by atoms with van der Waals surface area (Å²) in [6.07, 6.45) is -12.0. The predicted molar refractivity (Wildman–Crippen MR) is 165 cm³/mol. The Kier molecular flexibility index (Phi) is 10.9. The van der Waals surface area contributed by atoms with Crippen LogP contribution < -0.4 is 4.74 Å². The first-order chi connectivity index (χ1) is 24.3. The molecule has 3 saturated heterocycles. The highest BCUT2D eigenvalue weighted by atomic mass is 16.8. The highest BCUT2D eigenvalue weighted by Gasteiger charge is 2.77. The normalized spacial score (nSPS) is 42.8. The minimum Gasteiger partial charge on any atom is -0.504 e. The summed E-state index contributed by atoms with van der Waals surface area (Å²) in [7, 11) is 1.38. The van der Waals surface area contributed by atoms with Crippen molar-refractivity contribution in [1.82, 2.24) is 0 Å². The standard InChI is InChI=1S/C33H42O18/c1-13-26(48-20(38)7-5-15-4-6-17(37)18(10-15)43-3)28(46-14(2)36)25(42)32(45-13)49-27-16-8-9-44-30(21(16)33(12-35)29(27)51-33)50-31-24(41)23(40)22(39)19(11-34)47-31/h4-10,13,16,19,21-32,34-35,37,39-42H,11-12H2,1-3H3/t13-,16+,19+,21+,22+,23-,24+,25+,26-,27-,28-,29-,30-,31-,32-,33+/m0/s1. The van der Waals surface area contributed by atoms with Crippen molar-refractivity contribution in [3.8, 4) is 11.5 Å². The van der Waals surface area contributed by atoms with E-state index in [1.54, 1.807) is 12.1 Å². The van der Waals surface area contributed by atoms with Crippen LogP contribution in [-0.2, 0) is 47.5 Å². The number of methoxy groups -OCH3 is 1. The van der Waals surface area contributed by atoms with Crippen LogP contribution in [0.4, 0.5) is 0 Å². The number of epoxide rings is 1. The number of benzene rings is 1. The third kappa shape index (κ3) is 7.06. The predicted octanol–water partition coefficient (Wildman–Crippen LogP) is -2.19. The van der Waals surface area contributed by atoms with E-state index in [0.717, 1.165) is 13.0 Å². The molecule has 0 aromatic heterocycles. The lowest BCUT2D eigenvalue weighted by atomic mass is 9.85. The lowest BCUT2D eigenvalue weighted by molar-refractivity contribution is -0.347. The Morgan fingerprint density at radius 2 is 1.67 bits per heavy atom. The molecule has 0 amide bonds. The minimum absolute atomic E-state index is 0.0853. The second-order valence-electron chi connectivity index (χ2n) is 13.0. The number of rotatable bonds is 11. The summed E-state index contributed by atoms with van der Waals surface area (Å²) in [6, 6.07) is 4.43. The number of aromatic hydroxyl groups is 1. The molecule has 4 aliphatic heterocycles. The zero-order chi connectivity index (χ0) is 36.8. The Morgan fingerprint density at radius 1 is 0.922 bits per heavy atom. The maximum absolute atomic E-state index is 12.9. The van der Waals surface area contributed by atoms with Gasteiger partial charge in [-0.1, -0.05) is 6.07 Å². The van der Waals surface area contributed by atoms with Crippen molar-refractivity contribution in [2.45, 2.75) is 99.4 Å². The molecular formula is C33H42O18. The lowest BCUT2D eigenvalue weighted by Gasteiger charge is -2.44. The second kappa shape index (κ2) is 14.9. The number of phenols is 1. The molecule has 1 aromatic rings. The van der Waals surface area contributed by atoms with Crippen LogP contribution in [0.1, 0.15) is 19.4 Å². The van der Waals surface area contributed by atoms with Gasteiger partial charge >= 0.3 is 11.9 Å². The fraction of sp³-hybridized carbons (Fsp3) is 0.636. The number of hydrogen-bond donors (Lipinski definition) is 7. The third-order valence-corrected chi connectivity index (χ3v) is 9.81. The highest BCUT2D eigenvalue weighted by Crippen LogP contribution is 2.61. The molecule has 5 aliphatic rings. The first-order valence-electron chi connectivity index (χ1n) is 16.3. The fourth-order valence-electron chi connectivity index (χ4n) is 7.19. The second-order valence-corrected chi connectivity index (χ2v) is 13.0. The Hall–Kier alpha value is -3.40. The number of hydrogen-bond acceptors (Lipinski definition) is 18. The molecule has 1 saturated carbocycles. The summed E-state index contributed by atoms with van der Waals surface area (Å²) in [4.78, 5) is 25.0. The highest BCUT2D eigenvalue weighted by molar-refractivity contribution is 5.87. The summed E-state index contributed by atoms with van der Waals surface area (Å²) in [6.45, 7) is 1.48. The number of aliphatic hydroxyl groups is 6. The lowest BCUT2D eigenvalue weighted by Crippen LogP contribution is -2.61. The summed E-state index contributed by atoms with van der Waals surface area (Å²) in [5.74, 6) is -2.90. The van der Waals surface area contributed by atoms with E-state index in [2.05, 4.69) is 0 Å². The zero-order valence-electron chi connectivity index (χ0n) is 27.7. The Bertz CT molecular complexity index is 1480. The summed E-state index contributed by atoms with van der Waals surface area (Å²) in [5, 5.41) is 72.2. The molecule has 4 fully saturated rings. The smallest absolute Gasteiger partial charge is 0.331 e. The molecule has 1 aromatic carbocycles. The molecule has 1 aliphatic carbocycles. The zero-order valence-corrected chi connectivity index (χ0v) is 27.7. The molecule has 4 heterocycles. The molecule has 0 spiro atoms. The molecule has 18 nitrogen and oxygen atoms in total. The quantitative estimate of drug-likeness (QED) is 0.0726. The van der Waals surface area contributed by atoms with Gasteiger partial charge in [0, 0.05) is 18.9 Å². The van der Waals surface area contributed by atoms with Gasteiger partial charge in [0.1, 0.15) is 42.2 Å². The van der Waals surface area contributed by atoms with Gasteiger partial charge in [-0.05, 0) is 36.8 Å². The van der Waals surface area contributed by atoms with Crippen molar-refractivity contribution in [2.24, 2.45) is 11.8 Å². The number of carbonyl (C=O) groups is 2. The SMILES string of the molecule is COc1cc(C=CC(=O)O[C@@H]2[C@@H](OC(C)=O)[C@@H](O)[C@H](O[C@H]3[C@@H]4C=CO[C@@H](O[C@@H]5O[C@H](CO)[C@@H](O)[C@H](O)[C@H]5O)[C@@H]4[C@@]4(CO)O[C@@H]34)O[C@H]2C)ccc1O. The number of esters is 2. The minimum atomic E-state index is -1.72. The van der Waals surface area contributed by atoms with Gasteiger partial charge in [-0.15, -0.1) is 0 Å². The Labute approximate surface area is 291 Å². The van der Waals surface area contributed by atoms with Gasteiger partial charge in [0.25, 0.3) is 0 Å². The van der Waals surface area contributed by atoms with E-state index >= 15 is 0 Å². The van der Waals surface area contributed by atoms with Gasteiger partial charge < -0.3 is 78.4 Å². The van der Waals surface area contributed by atoms with Crippen LogP contribution in [0.2, 0.25) is 0 Å². The summed E-state index contributed by atoms with van der Waals surface area (Å²) < 4.78 is 51.3. The van der Waals surface area contributed by atoms with Crippen molar-refractivity contribution >= 4 is 18.0 Å². The molecule has 0 unspecified atom stereocenters. The molecule has 7 N–H and O–H groups in total. The van der Waals surface area contributed by atoms with Gasteiger partial charge in [0.2, 0.25) is 6.29 Å². The number of fused-ring (bicyclic) bond motifs is 3. The topological polar surface area (TPSA) is 262 Å². The molecule has 18 heteroatoms. The third-order valence-electron chi connectivity index (χ3n) is 9.81. The van der Waals surface area contributed by atoms with E-state index in [4.69, 9.17) is 42.6 Å². The van der Waals surface area contributed by atoms with Gasteiger partial charge in [0.15, 0.2) is 36.3 Å². The van der Waals surface area contributed by atoms with Gasteiger partial charge in [-0.3, -0.25) is 4.79 Å². The van der Waals surface area contributed by atoms with Crippen LogP contribution in [0, 0.1) is 11.8 Å². The number of phenolic OH excluding ortho intramolecular Hbond substituents is 1.